The Morgan fingerprint density at radius 3 is 2.86 bits per heavy atom. The number of fused-ring (bicyclic) bond motifs is 2. The summed E-state index contributed by atoms with van der Waals surface area (Å²) in [5.41, 5.74) is 7.75. The van der Waals surface area contributed by atoms with Crippen molar-refractivity contribution in [2.24, 2.45) is 0 Å². The second-order valence-electron chi connectivity index (χ2n) is 9.51. The minimum atomic E-state index is 0.0243. The van der Waals surface area contributed by atoms with Gasteiger partial charge in [-0.15, -0.1) is 0 Å². The van der Waals surface area contributed by atoms with Gasteiger partial charge in [0, 0.05) is 36.2 Å². The Labute approximate surface area is 216 Å². The largest absolute Gasteiger partial charge is 0.395 e. The van der Waals surface area contributed by atoms with E-state index in [9.17, 15) is 15.2 Å². The molecule has 1 aromatic heterocycles. The number of aromatic nitrogens is 2. The smallest absolute Gasteiger partial charge is 0.241 e. The summed E-state index contributed by atoms with van der Waals surface area (Å²) in [7, 11) is 3.79. The van der Waals surface area contributed by atoms with E-state index in [-0.39, 0.29) is 12.5 Å². The van der Waals surface area contributed by atoms with Crippen LogP contribution in [0.3, 0.4) is 0 Å². The molecule has 190 valence electrons. The molecule has 1 amide bonds. The van der Waals surface area contributed by atoms with Crippen LogP contribution in [0, 0.1) is 18.3 Å². The van der Waals surface area contributed by atoms with Crippen molar-refractivity contribution < 1.29 is 9.90 Å². The van der Waals surface area contributed by atoms with Crippen LogP contribution in [0.4, 0.5) is 28.7 Å². The van der Waals surface area contributed by atoms with Gasteiger partial charge in [0.05, 0.1) is 42.5 Å². The fourth-order valence-electron chi connectivity index (χ4n) is 4.98. The Morgan fingerprint density at radius 1 is 1.27 bits per heavy atom. The van der Waals surface area contributed by atoms with Gasteiger partial charge in [-0.1, -0.05) is 0 Å². The van der Waals surface area contributed by atoms with E-state index in [0.29, 0.717) is 43.5 Å². The van der Waals surface area contributed by atoms with E-state index in [4.69, 9.17) is 4.98 Å². The van der Waals surface area contributed by atoms with Crippen LogP contribution in [0.5, 0.6) is 0 Å². The molecule has 0 spiro atoms. The molecule has 37 heavy (non-hydrogen) atoms. The number of amides is 1. The second-order valence-corrected chi connectivity index (χ2v) is 9.51. The number of aliphatic hydroxyl groups is 1. The summed E-state index contributed by atoms with van der Waals surface area (Å²) in [5, 5.41) is 25.7. The maximum absolute atomic E-state index is 12.7. The Kier molecular flexibility index (Phi) is 6.65. The molecule has 3 aromatic rings. The van der Waals surface area contributed by atoms with Gasteiger partial charge in [-0.05, 0) is 68.9 Å². The lowest BCUT2D eigenvalue weighted by molar-refractivity contribution is -0.119. The molecule has 2 aromatic carbocycles. The van der Waals surface area contributed by atoms with Crippen LogP contribution >= 0.6 is 0 Å². The highest BCUT2D eigenvalue weighted by atomic mass is 16.3. The Morgan fingerprint density at radius 2 is 2.11 bits per heavy atom. The third kappa shape index (κ3) is 4.67. The Balaban J connectivity index is 1.42. The van der Waals surface area contributed by atoms with Crippen LogP contribution in [-0.2, 0) is 11.2 Å². The van der Waals surface area contributed by atoms with Gasteiger partial charge in [-0.3, -0.25) is 4.79 Å². The van der Waals surface area contributed by atoms with Crippen LogP contribution in [-0.4, -0.2) is 72.9 Å². The van der Waals surface area contributed by atoms with E-state index in [1.165, 1.54) is 0 Å². The quantitative estimate of drug-likeness (QED) is 0.451. The first-order valence-electron chi connectivity index (χ1n) is 12.3. The van der Waals surface area contributed by atoms with E-state index in [2.05, 4.69) is 21.7 Å². The van der Waals surface area contributed by atoms with Crippen molar-refractivity contribution in [3.05, 3.63) is 53.2 Å². The minimum absolute atomic E-state index is 0.0243. The zero-order chi connectivity index (χ0) is 26.1. The normalized spacial score (nSPS) is 13.8. The number of aliphatic hydroxyl groups excluding tert-OH is 1. The molecule has 10 nitrogen and oxygen atoms in total. The topological polar surface area (TPSA) is 121 Å². The summed E-state index contributed by atoms with van der Waals surface area (Å²) in [6.45, 7) is 4.15. The Bertz CT molecular complexity index is 1400. The van der Waals surface area contributed by atoms with Crippen molar-refractivity contribution in [2.45, 2.75) is 13.3 Å². The lowest BCUT2D eigenvalue weighted by atomic mass is 10.0. The first-order chi connectivity index (χ1) is 17.9. The molecule has 0 saturated heterocycles. The molecule has 10 heteroatoms. The van der Waals surface area contributed by atoms with Crippen molar-refractivity contribution in [3.8, 4) is 17.3 Å². The lowest BCUT2D eigenvalue weighted by Gasteiger charge is -2.20. The number of likely N-dealkylation sites (N-methyl/N-ethyl adjacent to an activating group) is 1. The third-order valence-electron chi connectivity index (χ3n) is 6.80. The maximum atomic E-state index is 12.7. The summed E-state index contributed by atoms with van der Waals surface area (Å²) in [6, 6.07) is 11.8. The summed E-state index contributed by atoms with van der Waals surface area (Å²) < 4.78 is 0. The lowest BCUT2D eigenvalue weighted by Crippen LogP contribution is -2.36. The molecule has 3 N–H and O–H groups in total. The van der Waals surface area contributed by atoms with Gasteiger partial charge >= 0.3 is 0 Å². The number of nitrogens with one attached hydrogen (secondary N) is 2. The number of nitrogens with zero attached hydrogens (tertiary/aromatic N) is 6. The molecule has 0 bridgehead atoms. The number of carbonyl (C=O) groups excluding carboxylic acids is 1. The van der Waals surface area contributed by atoms with Crippen molar-refractivity contribution in [1.29, 1.82) is 5.26 Å². The van der Waals surface area contributed by atoms with Crippen LogP contribution in [0.1, 0.15) is 16.7 Å². The zero-order valence-corrected chi connectivity index (χ0v) is 21.2. The second kappa shape index (κ2) is 10.0. The van der Waals surface area contributed by atoms with Crippen LogP contribution in [0.25, 0.3) is 11.3 Å². The SMILES string of the molecule is Cc1c(Nc2nccc(-c3cc(C#N)c4c(c3)N(CCO)CN4)n2)ccc2c1CCN2C(=O)CN(C)C. The van der Waals surface area contributed by atoms with Gasteiger partial charge in [-0.25, -0.2) is 9.97 Å². The van der Waals surface area contributed by atoms with Crippen LogP contribution < -0.4 is 20.4 Å². The van der Waals surface area contributed by atoms with Gasteiger partial charge < -0.3 is 30.4 Å². The molecule has 0 atom stereocenters. The van der Waals surface area contributed by atoms with Gasteiger partial charge in [0.25, 0.3) is 0 Å². The molecule has 0 aliphatic carbocycles. The number of hydrogen-bond donors (Lipinski definition) is 3. The van der Waals surface area contributed by atoms with E-state index in [1.54, 1.807) is 6.20 Å². The highest BCUT2D eigenvalue weighted by Crippen LogP contribution is 2.39. The van der Waals surface area contributed by atoms with Crippen molar-refractivity contribution in [3.63, 3.8) is 0 Å². The van der Waals surface area contributed by atoms with Gasteiger partial charge in [0.15, 0.2) is 0 Å². The van der Waals surface area contributed by atoms with E-state index < -0.39 is 0 Å². The Hall–Kier alpha value is -4.20. The molecule has 0 unspecified atom stereocenters. The molecule has 2 aliphatic heterocycles. The summed E-state index contributed by atoms with van der Waals surface area (Å²) in [6.07, 6.45) is 2.50. The predicted octanol–water partition coefficient (Wildman–Crippen LogP) is 2.70. The fourth-order valence-corrected chi connectivity index (χ4v) is 4.98. The monoisotopic (exact) mass is 498 g/mol. The van der Waals surface area contributed by atoms with Crippen molar-refractivity contribution in [1.82, 2.24) is 14.9 Å². The van der Waals surface area contributed by atoms with Gasteiger partial charge in [-0.2, -0.15) is 5.26 Å². The highest BCUT2D eigenvalue weighted by Gasteiger charge is 2.27. The number of nitriles is 1. The van der Waals surface area contributed by atoms with E-state index in [0.717, 1.165) is 45.9 Å². The third-order valence-corrected chi connectivity index (χ3v) is 6.80. The molecule has 3 heterocycles. The number of rotatable bonds is 7. The maximum Gasteiger partial charge on any atom is 0.241 e. The first-order valence-corrected chi connectivity index (χ1v) is 12.3. The number of β-amino-alcohol motifs (C(OH)–C–C–N with tert-alkyl or cyclic N) is 1. The molecular weight excluding hydrogens is 468 g/mol. The number of benzene rings is 2. The average molecular weight is 499 g/mol. The number of hydrogen-bond acceptors (Lipinski definition) is 9. The molecular formula is C27H30N8O2. The van der Waals surface area contributed by atoms with Crippen LogP contribution in [0.2, 0.25) is 0 Å². The first kappa shape index (κ1) is 24.5. The molecule has 0 fully saturated rings. The molecule has 0 saturated carbocycles. The standard InChI is InChI=1S/C27H30N8O2/c1-17-20-7-9-35(25(37)15-33(2)3)23(20)5-4-21(17)31-27-29-8-6-22(32-27)18-12-19(14-28)26-24(13-18)34(10-11-36)16-30-26/h4-6,8,12-13,30,36H,7,9-11,15-16H2,1-3H3,(H,29,31,32). The molecule has 0 radical (unpaired) electrons. The van der Waals surface area contributed by atoms with Gasteiger partial charge in [0.2, 0.25) is 11.9 Å². The van der Waals surface area contributed by atoms with Crippen molar-refractivity contribution in [2.75, 3.05) is 67.4 Å². The highest BCUT2D eigenvalue weighted by molar-refractivity contribution is 5.97. The van der Waals surface area contributed by atoms with E-state index in [1.807, 2.05) is 66.1 Å². The summed E-state index contributed by atoms with van der Waals surface area (Å²) in [5.74, 6) is 0.544. The van der Waals surface area contributed by atoms with Gasteiger partial charge in [0.1, 0.15) is 6.07 Å². The average Bonchev–Trinajstić information content (AvgIpc) is 3.50. The zero-order valence-electron chi connectivity index (χ0n) is 21.2. The van der Waals surface area contributed by atoms with Crippen molar-refractivity contribution >= 4 is 34.6 Å². The molecule has 2 aliphatic rings. The molecule has 5 rings (SSSR count). The number of anilines is 5. The predicted molar refractivity (Wildman–Crippen MR) is 144 cm³/mol. The summed E-state index contributed by atoms with van der Waals surface area (Å²) in [4.78, 5) is 27.6. The number of carbonyl (C=O) groups is 1. The fraction of sp³-hybridized carbons (Fsp3) is 0.333. The minimum Gasteiger partial charge on any atom is -0.395 e. The summed E-state index contributed by atoms with van der Waals surface area (Å²) >= 11 is 0. The van der Waals surface area contributed by atoms with Crippen LogP contribution in [0.15, 0.2) is 36.5 Å². The van der Waals surface area contributed by atoms with E-state index >= 15 is 0 Å².